The molecule has 4 rings (SSSR count). The van der Waals surface area contributed by atoms with Gasteiger partial charge in [-0.2, -0.15) is 0 Å². The lowest BCUT2D eigenvalue weighted by molar-refractivity contribution is 0.0660. The lowest BCUT2D eigenvalue weighted by atomic mass is 10.00. The molecule has 2 amide bonds. The Hall–Kier alpha value is -2.76. The fourth-order valence-electron chi connectivity index (χ4n) is 4.15. The van der Waals surface area contributed by atoms with Gasteiger partial charge in [-0.25, -0.2) is 9.78 Å². The topological polar surface area (TPSA) is 63.7 Å². The van der Waals surface area contributed by atoms with Crippen molar-refractivity contribution < 1.29 is 14.3 Å². The van der Waals surface area contributed by atoms with Crippen LogP contribution >= 0.6 is 0 Å². The highest BCUT2D eigenvalue weighted by Gasteiger charge is 2.44. The average Bonchev–Trinajstić information content (AvgIpc) is 2.98. The van der Waals surface area contributed by atoms with Crippen LogP contribution in [0, 0.1) is 0 Å². The third-order valence-electron chi connectivity index (χ3n) is 5.45. The molecule has 142 valence electrons. The van der Waals surface area contributed by atoms with E-state index in [1.807, 2.05) is 47.4 Å². The number of benzene rings is 1. The molecule has 6 nitrogen and oxygen atoms in total. The first kappa shape index (κ1) is 17.6. The first-order valence-electron chi connectivity index (χ1n) is 9.49. The van der Waals surface area contributed by atoms with Gasteiger partial charge in [0.2, 0.25) is 5.88 Å². The van der Waals surface area contributed by atoms with Crippen LogP contribution in [0.2, 0.25) is 0 Å². The molecule has 2 unspecified atom stereocenters. The van der Waals surface area contributed by atoms with Gasteiger partial charge in [0.25, 0.3) is 0 Å². The van der Waals surface area contributed by atoms with Crippen LogP contribution in [0.4, 0.5) is 4.79 Å². The zero-order valence-corrected chi connectivity index (χ0v) is 15.5. The standard InChI is InChI=1S/C21H25N3O3/c1-26-18-9-5-15(6-10-18)14-23-21(25)24-16-7-8-17(24)13-19(12-16)27-20-4-2-3-11-22-20/h2-6,9-11,16-17,19H,7-8,12-14H2,1H3,(H,23,25). The summed E-state index contributed by atoms with van der Waals surface area (Å²) in [4.78, 5) is 19.0. The molecule has 3 heterocycles. The summed E-state index contributed by atoms with van der Waals surface area (Å²) in [6.45, 7) is 0.520. The second kappa shape index (κ2) is 7.86. The van der Waals surface area contributed by atoms with Gasteiger partial charge in [0, 0.05) is 43.7 Å². The summed E-state index contributed by atoms with van der Waals surface area (Å²) in [6.07, 6.45) is 5.69. The van der Waals surface area contributed by atoms with E-state index in [-0.39, 0.29) is 24.2 Å². The monoisotopic (exact) mass is 367 g/mol. The molecule has 2 aliphatic rings. The van der Waals surface area contributed by atoms with Gasteiger partial charge < -0.3 is 19.7 Å². The van der Waals surface area contributed by atoms with Crippen molar-refractivity contribution in [3.8, 4) is 11.6 Å². The zero-order chi connectivity index (χ0) is 18.6. The molecule has 6 heteroatoms. The van der Waals surface area contributed by atoms with Gasteiger partial charge in [0.05, 0.1) is 7.11 Å². The number of aromatic nitrogens is 1. The Bertz CT molecular complexity index is 752. The molecule has 0 saturated carbocycles. The van der Waals surface area contributed by atoms with Crippen LogP contribution in [0.1, 0.15) is 31.2 Å². The van der Waals surface area contributed by atoms with E-state index in [2.05, 4.69) is 10.3 Å². The third-order valence-corrected chi connectivity index (χ3v) is 5.45. The van der Waals surface area contributed by atoms with E-state index in [9.17, 15) is 4.79 Å². The SMILES string of the molecule is COc1ccc(CNC(=O)N2C3CCC2CC(Oc2ccccn2)C3)cc1. The minimum absolute atomic E-state index is 0.0228. The highest BCUT2D eigenvalue weighted by molar-refractivity contribution is 5.75. The maximum Gasteiger partial charge on any atom is 0.318 e. The van der Waals surface area contributed by atoms with Crippen molar-refractivity contribution in [3.63, 3.8) is 0 Å². The van der Waals surface area contributed by atoms with Crippen LogP contribution in [0.3, 0.4) is 0 Å². The maximum atomic E-state index is 12.8. The van der Waals surface area contributed by atoms with Gasteiger partial charge in [0.1, 0.15) is 11.9 Å². The van der Waals surface area contributed by atoms with Crippen molar-refractivity contribution in [3.05, 3.63) is 54.2 Å². The molecule has 2 fully saturated rings. The molecule has 1 aromatic heterocycles. The van der Waals surface area contributed by atoms with E-state index in [0.29, 0.717) is 12.4 Å². The number of methoxy groups -OCH3 is 1. The lowest BCUT2D eigenvalue weighted by Gasteiger charge is -2.38. The Morgan fingerprint density at radius 1 is 1.15 bits per heavy atom. The van der Waals surface area contributed by atoms with Gasteiger partial charge in [-0.1, -0.05) is 18.2 Å². The second-order valence-electron chi connectivity index (χ2n) is 7.18. The van der Waals surface area contributed by atoms with Crippen molar-refractivity contribution >= 4 is 6.03 Å². The van der Waals surface area contributed by atoms with Crippen LogP contribution < -0.4 is 14.8 Å². The lowest BCUT2D eigenvalue weighted by Crippen LogP contribution is -2.52. The molecule has 2 aromatic rings. The summed E-state index contributed by atoms with van der Waals surface area (Å²) in [7, 11) is 1.65. The number of hydrogen-bond donors (Lipinski definition) is 1. The molecule has 1 aromatic carbocycles. The zero-order valence-electron chi connectivity index (χ0n) is 15.5. The average molecular weight is 367 g/mol. The fourth-order valence-corrected chi connectivity index (χ4v) is 4.15. The number of pyridine rings is 1. The number of rotatable bonds is 5. The second-order valence-corrected chi connectivity index (χ2v) is 7.18. The largest absolute Gasteiger partial charge is 0.497 e. The number of nitrogens with zero attached hydrogens (tertiary/aromatic N) is 2. The Kier molecular flexibility index (Phi) is 5.14. The van der Waals surface area contributed by atoms with Gasteiger partial charge in [-0.05, 0) is 36.6 Å². The van der Waals surface area contributed by atoms with Gasteiger partial charge in [-0.3, -0.25) is 0 Å². The summed E-state index contributed by atoms with van der Waals surface area (Å²) in [5.74, 6) is 1.48. The predicted molar refractivity (Wildman–Crippen MR) is 102 cm³/mol. The molecule has 0 spiro atoms. The molecule has 0 aliphatic carbocycles. The summed E-state index contributed by atoms with van der Waals surface area (Å²) in [5, 5.41) is 3.06. The number of piperidine rings is 1. The van der Waals surface area contributed by atoms with Crippen LogP contribution in [-0.4, -0.2) is 41.2 Å². The molecule has 2 saturated heterocycles. The van der Waals surface area contributed by atoms with Crippen LogP contribution in [0.5, 0.6) is 11.6 Å². The first-order chi connectivity index (χ1) is 13.2. The summed E-state index contributed by atoms with van der Waals surface area (Å²) < 4.78 is 11.2. The molecule has 2 bridgehead atoms. The van der Waals surface area contributed by atoms with E-state index in [4.69, 9.17) is 9.47 Å². The molecule has 2 aliphatic heterocycles. The van der Waals surface area contributed by atoms with Crippen LogP contribution in [0.25, 0.3) is 0 Å². The number of urea groups is 1. The fraction of sp³-hybridized carbons (Fsp3) is 0.429. The Labute approximate surface area is 159 Å². The Morgan fingerprint density at radius 2 is 1.89 bits per heavy atom. The number of carbonyl (C=O) groups excluding carboxylic acids is 1. The number of ether oxygens (including phenoxy) is 2. The maximum absolute atomic E-state index is 12.8. The predicted octanol–water partition coefficient (Wildman–Crippen LogP) is 3.37. The van der Waals surface area contributed by atoms with E-state index in [1.54, 1.807) is 13.3 Å². The number of fused-ring (bicyclic) bond motifs is 2. The van der Waals surface area contributed by atoms with E-state index < -0.39 is 0 Å². The molecule has 27 heavy (non-hydrogen) atoms. The summed E-state index contributed by atoms with van der Waals surface area (Å²) in [6, 6.07) is 14.0. The number of nitrogens with one attached hydrogen (secondary N) is 1. The van der Waals surface area contributed by atoms with Crippen molar-refractivity contribution in [2.24, 2.45) is 0 Å². The van der Waals surface area contributed by atoms with Gasteiger partial charge in [0.15, 0.2) is 0 Å². The number of amides is 2. The van der Waals surface area contributed by atoms with Crippen LogP contribution in [0.15, 0.2) is 48.7 Å². The number of hydrogen-bond acceptors (Lipinski definition) is 4. The summed E-state index contributed by atoms with van der Waals surface area (Å²) >= 11 is 0. The van der Waals surface area contributed by atoms with E-state index in [0.717, 1.165) is 37.0 Å². The van der Waals surface area contributed by atoms with E-state index >= 15 is 0 Å². The Morgan fingerprint density at radius 3 is 2.52 bits per heavy atom. The highest BCUT2D eigenvalue weighted by atomic mass is 16.5. The van der Waals surface area contributed by atoms with E-state index in [1.165, 1.54) is 0 Å². The number of carbonyl (C=O) groups is 1. The third kappa shape index (κ3) is 3.99. The van der Waals surface area contributed by atoms with Crippen molar-refractivity contribution in [2.75, 3.05) is 7.11 Å². The Balaban J connectivity index is 1.32. The smallest absolute Gasteiger partial charge is 0.318 e. The van der Waals surface area contributed by atoms with Crippen molar-refractivity contribution in [1.82, 2.24) is 15.2 Å². The molecule has 0 radical (unpaired) electrons. The van der Waals surface area contributed by atoms with Crippen LogP contribution in [-0.2, 0) is 6.54 Å². The normalized spacial score (nSPS) is 23.7. The van der Waals surface area contributed by atoms with Gasteiger partial charge in [-0.15, -0.1) is 0 Å². The molecular weight excluding hydrogens is 342 g/mol. The molecule has 1 N–H and O–H groups in total. The van der Waals surface area contributed by atoms with Crippen molar-refractivity contribution in [2.45, 2.75) is 50.4 Å². The molecular formula is C21H25N3O3. The highest BCUT2D eigenvalue weighted by Crippen LogP contribution is 2.37. The van der Waals surface area contributed by atoms with Crippen molar-refractivity contribution in [1.29, 1.82) is 0 Å². The minimum Gasteiger partial charge on any atom is -0.497 e. The summed E-state index contributed by atoms with van der Waals surface area (Å²) in [5.41, 5.74) is 1.06. The molecule has 2 atom stereocenters. The minimum atomic E-state index is 0.0228. The quantitative estimate of drug-likeness (QED) is 0.880. The first-order valence-corrected chi connectivity index (χ1v) is 9.49. The van der Waals surface area contributed by atoms with Gasteiger partial charge >= 0.3 is 6.03 Å².